The lowest BCUT2D eigenvalue weighted by Gasteiger charge is -2.10. The van der Waals surface area contributed by atoms with Crippen LogP contribution in [0, 0.1) is 13.8 Å². The van der Waals surface area contributed by atoms with Crippen molar-refractivity contribution < 1.29 is 4.79 Å². The Morgan fingerprint density at radius 3 is 2.43 bits per heavy atom. The minimum absolute atomic E-state index is 0.0451. The molecule has 0 spiro atoms. The lowest BCUT2D eigenvalue weighted by atomic mass is 10.00. The van der Waals surface area contributed by atoms with E-state index in [2.05, 4.69) is 21.4 Å². The number of nitrogens with one attached hydrogen (secondary N) is 1. The maximum Gasteiger partial charge on any atom is 0.196 e. The minimum atomic E-state index is -0.0451. The molecule has 1 N–H and O–H groups in total. The highest BCUT2D eigenvalue weighted by molar-refractivity contribution is 6.12. The van der Waals surface area contributed by atoms with E-state index in [0.717, 1.165) is 16.8 Å². The molecule has 0 saturated carbocycles. The number of carbonyl (C=O) groups excluding carboxylic acids is 1. The molecule has 2 heterocycles. The summed E-state index contributed by atoms with van der Waals surface area (Å²) in [4.78, 5) is 21.2. The predicted octanol–water partition coefficient (Wildman–Crippen LogP) is 4.07. The number of aromatic nitrogens is 2. The third-order valence-electron chi connectivity index (χ3n) is 3.46. The first-order valence-corrected chi connectivity index (χ1v) is 7.38. The molecule has 4 nitrogen and oxygen atoms in total. The molecule has 0 fully saturated rings. The molecule has 0 aliphatic heterocycles. The van der Waals surface area contributed by atoms with E-state index >= 15 is 0 Å². The van der Waals surface area contributed by atoms with Gasteiger partial charge < -0.3 is 5.32 Å². The van der Waals surface area contributed by atoms with E-state index in [1.54, 1.807) is 30.7 Å². The fourth-order valence-corrected chi connectivity index (χ4v) is 2.52. The second-order valence-corrected chi connectivity index (χ2v) is 5.47. The summed E-state index contributed by atoms with van der Waals surface area (Å²) in [6, 6.07) is 13.1. The molecule has 114 valence electrons. The number of benzene rings is 1. The van der Waals surface area contributed by atoms with Crippen molar-refractivity contribution in [2.45, 2.75) is 13.8 Å². The van der Waals surface area contributed by atoms with Crippen LogP contribution in [-0.2, 0) is 0 Å². The maximum absolute atomic E-state index is 12.9. The summed E-state index contributed by atoms with van der Waals surface area (Å²) in [7, 11) is 0. The van der Waals surface area contributed by atoms with Crippen LogP contribution in [0.25, 0.3) is 0 Å². The van der Waals surface area contributed by atoms with E-state index in [1.165, 1.54) is 0 Å². The zero-order valence-corrected chi connectivity index (χ0v) is 13.1. The molecular weight excluding hydrogens is 286 g/mol. The van der Waals surface area contributed by atoms with Gasteiger partial charge in [-0.3, -0.25) is 9.78 Å². The Morgan fingerprint density at radius 1 is 1.00 bits per heavy atom. The molecule has 23 heavy (non-hydrogen) atoms. The van der Waals surface area contributed by atoms with Gasteiger partial charge in [-0.05, 0) is 50.2 Å². The van der Waals surface area contributed by atoms with Gasteiger partial charge in [0.1, 0.15) is 5.82 Å². The third-order valence-corrected chi connectivity index (χ3v) is 3.46. The molecule has 0 amide bonds. The third kappa shape index (κ3) is 3.43. The monoisotopic (exact) mass is 303 g/mol. The number of nitrogens with zero attached hydrogens (tertiary/aromatic N) is 2. The number of hydrogen-bond acceptors (Lipinski definition) is 4. The van der Waals surface area contributed by atoms with Crippen LogP contribution in [0.1, 0.15) is 27.0 Å². The van der Waals surface area contributed by atoms with Gasteiger partial charge in [-0.25, -0.2) is 4.98 Å². The number of pyridine rings is 2. The first kappa shape index (κ1) is 14.9. The zero-order valence-electron chi connectivity index (χ0n) is 13.1. The number of ketones is 1. The highest BCUT2D eigenvalue weighted by Gasteiger charge is 2.15. The lowest BCUT2D eigenvalue weighted by Crippen LogP contribution is -2.07. The van der Waals surface area contributed by atoms with Crippen LogP contribution < -0.4 is 5.32 Å². The van der Waals surface area contributed by atoms with Crippen molar-refractivity contribution in [3.05, 3.63) is 83.3 Å². The second kappa shape index (κ2) is 6.40. The average molecular weight is 303 g/mol. The Hall–Kier alpha value is -3.01. The highest BCUT2D eigenvalue weighted by atomic mass is 16.1. The van der Waals surface area contributed by atoms with Crippen LogP contribution in [0.15, 0.2) is 61.1 Å². The molecule has 2 aromatic heterocycles. The molecule has 0 saturated heterocycles. The summed E-state index contributed by atoms with van der Waals surface area (Å²) in [5.74, 6) is 0.487. The molecule has 0 bridgehead atoms. The Kier molecular flexibility index (Phi) is 4.15. The van der Waals surface area contributed by atoms with E-state index in [-0.39, 0.29) is 5.78 Å². The summed E-state index contributed by atoms with van der Waals surface area (Å²) in [5.41, 5.74) is 4.14. The van der Waals surface area contributed by atoms with Crippen LogP contribution in [0.5, 0.6) is 0 Å². The van der Waals surface area contributed by atoms with Crippen LogP contribution in [-0.4, -0.2) is 15.8 Å². The summed E-state index contributed by atoms with van der Waals surface area (Å²) < 4.78 is 0. The SMILES string of the molecule is Cc1cc(C)cc(C(=O)c2cccnc2Nc2cccnc2)c1. The molecule has 3 rings (SSSR count). The van der Waals surface area contributed by atoms with Gasteiger partial charge in [0.25, 0.3) is 0 Å². The van der Waals surface area contributed by atoms with Crippen molar-refractivity contribution in [1.82, 2.24) is 9.97 Å². The average Bonchev–Trinajstić information content (AvgIpc) is 2.55. The molecule has 0 radical (unpaired) electrons. The van der Waals surface area contributed by atoms with Crippen molar-refractivity contribution >= 4 is 17.3 Å². The van der Waals surface area contributed by atoms with Gasteiger partial charge in [-0.2, -0.15) is 0 Å². The van der Waals surface area contributed by atoms with Crippen LogP contribution >= 0.6 is 0 Å². The van der Waals surface area contributed by atoms with Crippen molar-refractivity contribution in [3.63, 3.8) is 0 Å². The Labute approximate surface area is 135 Å². The fraction of sp³-hybridized carbons (Fsp3) is 0.105. The van der Waals surface area contributed by atoms with Crippen molar-refractivity contribution in [2.24, 2.45) is 0 Å². The lowest BCUT2D eigenvalue weighted by molar-refractivity contribution is 0.103. The summed E-state index contributed by atoms with van der Waals surface area (Å²) in [5, 5.41) is 3.16. The van der Waals surface area contributed by atoms with Gasteiger partial charge in [0.2, 0.25) is 0 Å². The fourth-order valence-electron chi connectivity index (χ4n) is 2.52. The highest BCUT2D eigenvalue weighted by Crippen LogP contribution is 2.21. The Balaban J connectivity index is 1.98. The number of aryl methyl sites for hydroxylation is 2. The summed E-state index contributed by atoms with van der Waals surface area (Å²) in [6.45, 7) is 3.98. The number of hydrogen-bond donors (Lipinski definition) is 1. The van der Waals surface area contributed by atoms with Crippen LogP contribution in [0.4, 0.5) is 11.5 Å². The molecule has 0 aliphatic rings. The topological polar surface area (TPSA) is 54.9 Å². The van der Waals surface area contributed by atoms with E-state index in [1.807, 2.05) is 38.1 Å². The molecule has 0 aliphatic carbocycles. The maximum atomic E-state index is 12.9. The zero-order chi connectivity index (χ0) is 16.2. The number of carbonyl (C=O) groups is 1. The first-order valence-electron chi connectivity index (χ1n) is 7.38. The van der Waals surface area contributed by atoms with Gasteiger partial charge in [0.05, 0.1) is 17.4 Å². The van der Waals surface area contributed by atoms with Gasteiger partial charge in [-0.15, -0.1) is 0 Å². The molecule has 0 unspecified atom stereocenters. The molecule has 0 atom stereocenters. The predicted molar refractivity (Wildman–Crippen MR) is 91.1 cm³/mol. The quantitative estimate of drug-likeness (QED) is 0.738. The van der Waals surface area contributed by atoms with E-state index in [0.29, 0.717) is 16.9 Å². The largest absolute Gasteiger partial charge is 0.338 e. The van der Waals surface area contributed by atoms with Crippen LogP contribution in [0.2, 0.25) is 0 Å². The van der Waals surface area contributed by atoms with E-state index in [4.69, 9.17) is 0 Å². The van der Waals surface area contributed by atoms with E-state index in [9.17, 15) is 4.79 Å². The molecule has 1 aromatic carbocycles. The molecular formula is C19H17N3O. The first-order chi connectivity index (χ1) is 11.1. The number of rotatable bonds is 4. The van der Waals surface area contributed by atoms with Gasteiger partial charge in [0, 0.05) is 18.0 Å². The Bertz CT molecular complexity index is 824. The summed E-state index contributed by atoms with van der Waals surface area (Å²) in [6.07, 6.45) is 5.06. The van der Waals surface area contributed by atoms with E-state index < -0.39 is 0 Å². The summed E-state index contributed by atoms with van der Waals surface area (Å²) >= 11 is 0. The van der Waals surface area contributed by atoms with Crippen molar-refractivity contribution in [1.29, 1.82) is 0 Å². The minimum Gasteiger partial charge on any atom is -0.338 e. The van der Waals surface area contributed by atoms with Gasteiger partial charge >= 0.3 is 0 Å². The standard InChI is InChI=1S/C19H17N3O/c1-13-9-14(2)11-15(10-13)18(23)17-6-4-8-21-19(17)22-16-5-3-7-20-12-16/h3-12H,1-2H3,(H,21,22). The number of anilines is 2. The second-order valence-electron chi connectivity index (χ2n) is 5.47. The van der Waals surface area contributed by atoms with Crippen molar-refractivity contribution in [3.8, 4) is 0 Å². The normalized spacial score (nSPS) is 10.3. The molecule has 3 aromatic rings. The van der Waals surface area contributed by atoms with Crippen molar-refractivity contribution in [2.75, 3.05) is 5.32 Å². The van der Waals surface area contributed by atoms with Gasteiger partial charge in [0.15, 0.2) is 5.78 Å². The van der Waals surface area contributed by atoms with Crippen LogP contribution in [0.3, 0.4) is 0 Å². The Morgan fingerprint density at radius 2 is 1.74 bits per heavy atom. The molecule has 4 heteroatoms. The smallest absolute Gasteiger partial charge is 0.196 e. The van der Waals surface area contributed by atoms with Gasteiger partial charge in [-0.1, -0.05) is 17.2 Å².